The number of carboxylic acids is 1. The monoisotopic (exact) mass is 268 g/mol. The molecule has 20 heavy (non-hydrogen) atoms. The van der Waals surface area contributed by atoms with Crippen LogP contribution in [0, 0.1) is 0 Å². The first-order chi connectivity index (χ1) is 9.63. The van der Waals surface area contributed by atoms with E-state index in [2.05, 4.69) is 4.98 Å². The van der Waals surface area contributed by atoms with Crippen molar-refractivity contribution >= 4 is 11.6 Å². The van der Waals surface area contributed by atoms with E-state index in [9.17, 15) is 9.90 Å². The Morgan fingerprint density at radius 3 is 2.85 bits per heavy atom. The Labute approximate surface area is 114 Å². The van der Waals surface area contributed by atoms with E-state index in [1.807, 2.05) is 6.07 Å². The van der Waals surface area contributed by atoms with Gasteiger partial charge in [0.05, 0.1) is 5.69 Å². The van der Waals surface area contributed by atoms with Crippen LogP contribution in [0.5, 0.6) is 5.75 Å². The topological polar surface area (TPSA) is 74.8 Å². The number of imidazole rings is 1. The van der Waals surface area contributed by atoms with Crippen LogP contribution in [0.25, 0.3) is 5.65 Å². The van der Waals surface area contributed by atoms with Crippen LogP contribution in [0.2, 0.25) is 0 Å². The number of pyridine rings is 1. The van der Waals surface area contributed by atoms with Crippen molar-refractivity contribution in [1.29, 1.82) is 0 Å². The molecule has 3 rings (SSSR count). The molecule has 0 radical (unpaired) electrons. The summed E-state index contributed by atoms with van der Waals surface area (Å²) in [5.41, 5.74) is 2.28. The molecule has 0 atom stereocenters. The Bertz CT molecular complexity index is 793. The fourth-order valence-electron chi connectivity index (χ4n) is 2.19. The molecule has 0 aliphatic heterocycles. The summed E-state index contributed by atoms with van der Waals surface area (Å²) < 4.78 is 1.70. The number of hydrogen-bond acceptors (Lipinski definition) is 3. The number of aromatic carboxylic acids is 1. The summed E-state index contributed by atoms with van der Waals surface area (Å²) in [6.07, 6.45) is 4.10. The largest absolute Gasteiger partial charge is 0.508 e. The van der Waals surface area contributed by atoms with Crippen LogP contribution < -0.4 is 0 Å². The van der Waals surface area contributed by atoms with E-state index in [0.717, 1.165) is 11.3 Å². The average molecular weight is 268 g/mol. The van der Waals surface area contributed by atoms with E-state index >= 15 is 0 Å². The molecule has 0 fully saturated rings. The molecular weight excluding hydrogens is 256 g/mol. The molecular formula is C15H12N2O3. The van der Waals surface area contributed by atoms with Crippen LogP contribution in [-0.4, -0.2) is 25.6 Å². The van der Waals surface area contributed by atoms with Gasteiger partial charge < -0.3 is 14.6 Å². The van der Waals surface area contributed by atoms with Gasteiger partial charge in [-0.1, -0.05) is 12.1 Å². The number of carbonyl (C=O) groups is 1. The molecule has 100 valence electrons. The number of phenols is 1. The van der Waals surface area contributed by atoms with E-state index in [4.69, 9.17) is 5.11 Å². The fourth-order valence-corrected chi connectivity index (χ4v) is 2.19. The molecule has 0 aliphatic rings. The lowest BCUT2D eigenvalue weighted by Crippen LogP contribution is -1.99. The summed E-state index contributed by atoms with van der Waals surface area (Å²) in [4.78, 5) is 15.5. The molecule has 3 aromatic rings. The van der Waals surface area contributed by atoms with Gasteiger partial charge in [-0.15, -0.1) is 0 Å². The predicted octanol–water partition coefficient (Wildman–Crippen LogP) is 2.33. The number of rotatable bonds is 3. The van der Waals surface area contributed by atoms with E-state index in [1.165, 1.54) is 6.07 Å². The molecule has 0 aliphatic carbocycles. The van der Waals surface area contributed by atoms with Gasteiger partial charge in [0, 0.05) is 18.8 Å². The lowest BCUT2D eigenvalue weighted by Gasteiger charge is -1.98. The maximum atomic E-state index is 11.1. The third kappa shape index (κ3) is 2.21. The molecule has 1 aromatic carbocycles. The van der Waals surface area contributed by atoms with Crippen LogP contribution >= 0.6 is 0 Å². The first-order valence-corrected chi connectivity index (χ1v) is 6.11. The molecule has 0 saturated carbocycles. The summed E-state index contributed by atoms with van der Waals surface area (Å²) in [5, 5.41) is 18.6. The number of aromatic nitrogens is 2. The molecule has 0 saturated heterocycles. The van der Waals surface area contributed by atoms with Gasteiger partial charge in [-0.2, -0.15) is 0 Å². The summed E-state index contributed by atoms with van der Waals surface area (Å²) >= 11 is 0. The highest BCUT2D eigenvalue weighted by atomic mass is 16.4. The van der Waals surface area contributed by atoms with Crippen molar-refractivity contribution in [2.75, 3.05) is 0 Å². The van der Waals surface area contributed by atoms with E-state index < -0.39 is 5.97 Å². The molecule has 2 aromatic heterocycles. The molecule has 0 spiro atoms. The summed E-state index contributed by atoms with van der Waals surface area (Å²) in [6.45, 7) is 0. The second-order valence-electron chi connectivity index (χ2n) is 4.54. The maximum absolute atomic E-state index is 11.1. The number of nitrogens with zero attached hydrogens (tertiary/aromatic N) is 2. The third-order valence-electron chi connectivity index (χ3n) is 3.06. The Morgan fingerprint density at radius 1 is 1.25 bits per heavy atom. The highest BCUT2D eigenvalue weighted by Crippen LogP contribution is 2.17. The van der Waals surface area contributed by atoms with E-state index in [1.54, 1.807) is 41.1 Å². The first-order valence-electron chi connectivity index (χ1n) is 6.11. The van der Waals surface area contributed by atoms with Gasteiger partial charge in [0.15, 0.2) is 5.65 Å². The summed E-state index contributed by atoms with van der Waals surface area (Å²) in [7, 11) is 0. The van der Waals surface area contributed by atoms with Crippen molar-refractivity contribution in [2.24, 2.45) is 0 Å². The number of phenolic OH excluding ortho intramolecular Hbond substituents is 1. The quantitative estimate of drug-likeness (QED) is 0.764. The van der Waals surface area contributed by atoms with Gasteiger partial charge in [0.25, 0.3) is 0 Å². The molecule has 0 unspecified atom stereocenters. The fraction of sp³-hybridized carbons (Fsp3) is 0.0667. The summed E-state index contributed by atoms with van der Waals surface area (Å²) in [5.74, 6) is -0.789. The molecule has 2 N–H and O–H groups in total. The lowest BCUT2D eigenvalue weighted by molar-refractivity contribution is 0.0698. The van der Waals surface area contributed by atoms with E-state index in [0.29, 0.717) is 12.1 Å². The highest BCUT2D eigenvalue weighted by Gasteiger charge is 2.11. The van der Waals surface area contributed by atoms with Crippen molar-refractivity contribution in [1.82, 2.24) is 9.38 Å². The number of benzene rings is 1. The normalized spacial score (nSPS) is 10.8. The Hall–Kier alpha value is -2.82. The number of fused-ring (bicyclic) bond motifs is 1. The van der Waals surface area contributed by atoms with Crippen molar-refractivity contribution in [2.45, 2.75) is 6.42 Å². The van der Waals surface area contributed by atoms with Gasteiger partial charge >= 0.3 is 5.97 Å². The van der Waals surface area contributed by atoms with Gasteiger partial charge in [-0.3, -0.25) is 0 Å². The van der Waals surface area contributed by atoms with Crippen LogP contribution in [0.15, 0.2) is 48.8 Å². The molecule has 5 heteroatoms. The third-order valence-corrected chi connectivity index (χ3v) is 3.06. The van der Waals surface area contributed by atoms with Gasteiger partial charge in [-0.05, 0) is 29.8 Å². The number of carboxylic acid groups (broad SMARTS) is 1. The Kier molecular flexibility index (Phi) is 2.87. The number of aromatic hydroxyl groups is 1. The van der Waals surface area contributed by atoms with Crippen molar-refractivity contribution in [3.63, 3.8) is 0 Å². The van der Waals surface area contributed by atoms with Crippen LogP contribution in [0.1, 0.15) is 21.6 Å². The minimum atomic E-state index is -0.995. The van der Waals surface area contributed by atoms with Crippen molar-refractivity contribution in [3.05, 3.63) is 65.6 Å². The smallest absolute Gasteiger partial charge is 0.339 e. The van der Waals surface area contributed by atoms with Crippen LogP contribution in [0.3, 0.4) is 0 Å². The predicted molar refractivity (Wildman–Crippen MR) is 73.1 cm³/mol. The highest BCUT2D eigenvalue weighted by molar-refractivity contribution is 5.94. The minimum absolute atomic E-state index is 0.176. The molecule has 0 amide bonds. The average Bonchev–Trinajstić information content (AvgIpc) is 2.80. The SMILES string of the molecule is O=C(O)c1cccn2cc(Cc3cccc(O)c3)nc12. The molecule has 5 nitrogen and oxygen atoms in total. The van der Waals surface area contributed by atoms with Crippen molar-refractivity contribution < 1.29 is 15.0 Å². The van der Waals surface area contributed by atoms with Gasteiger partial charge in [0.1, 0.15) is 11.3 Å². The zero-order valence-corrected chi connectivity index (χ0v) is 10.5. The number of hydrogen-bond donors (Lipinski definition) is 2. The summed E-state index contributed by atoms with van der Waals surface area (Å²) in [6, 6.07) is 10.1. The lowest BCUT2D eigenvalue weighted by atomic mass is 10.1. The van der Waals surface area contributed by atoms with Crippen molar-refractivity contribution in [3.8, 4) is 5.75 Å². The standard InChI is InChI=1S/C15H12N2O3/c18-12-4-1-3-10(8-12)7-11-9-17-6-2-5-13(15(19)20)14(17)16-11/h1-6,8-9,18H,7H2,(H,19,20). The van der Waals surface area contributed by atoms with Crippen LogP contribution in [-0.2, 0) is 6.42 Å². The van der Waals surface area contributed by atoms with Crippen LogP contribution in [0.4, 0.5) is 0 Å². The molecule has 2 heterocycles. The zero-order chi connectivity index (χ0) is 14.1. The van der Waals surface area contributed by atoms with E-state index in [-0.39, 0.29) is 11.3 Å². The van der Waals surface area contributed by atoms with Gasteiger partial charge in [0.2, 0.25) is 0 Å². The minimum Gasteiger partial charge on any atom is -0.508 e. The first kappa shape index (κ1) is 12.2. The Balaban J connectivity index is 2.01. The second kappa shape index (κ2) is 4.70. The zero-order valence-electron chi connectivity index (χ0n) is 10.5. The van der Waals surface area contributed by atoms with Gasteiger partial charge in [-0.25, -0.2) is 9.78 Å². The Morgan fingerprint density at radius 2 is 2.10 bits per heavy atom. The second-order valence-corrected chi connectivity index (χ2v) is 4.54. The molecule has 0 bridgehead atoms. The maximum Gasteiger partial charge on any atom is 0.339 e.